The van der Waals surface area contributed by atoms with Crippen LogP contribution in [0, 0.1) is 0 Å². The molecule has 3 nitrogen and oxygen atoms in total. The van der Waals surface area contributed by atoms with Gasteiger partial charge in [-0.3, -0.25) is 0 Å². The van der Waals surface area contributed by atoms with Crippen LogP contribution in [0.2, 0.25) is 0 Å². The summed E-state index contributed by atoms with van der Waals surface area (Å²) in [4.78, 5) is 4.22. The highest BCUT2D eigenvalue weighted by Crippen LogP contribution is 2.27. The summed E-state index contributed by atoms with van der Waals surface area (Å²) in [7, 11) is 1.59. The van der Waals surface area contributed by atoms with Gasteiger partial charge in [0, 0.05) is 18.1 Å². The first-order valence-electron chi connectivity index (χ1n) is 6.54. The molecule has 0 atom stereocenters. The lowest BCUT2D eigenvalue weighted by Gasteiger charge is -2.10. The Balaban J connectivity index is 2.03. The van der Waals surface area contributed by atoms with E-state index in [1.165, 1.54) is 6.07 Å². The number of alkyl halides is 2. The second kappa shape index (κ2) is 5.52. The standard InChI is InChI=1S/C16H14F2N2O/c1-21-13-6-4-11(5-7-13)10-20-14(15(17)18)9-12-3-2-8-19-16(12)20/h2-9,15H,10H2,1H3. The molecule has 2 heterocycles. The lowest BCUT2D eigenvalue weighted by molar-refractivity contribution is 0.142. The molecule has 0 N–H and O–H groups in total. The lowest BCUT2D eigenvalue weighted by Crippen LogP contribution is -2.05. The molecule has 0 saturated carbocycles. The van der Waals surface area contributed by atoms with Crippen molar-refractivity contribution in [2.24, 2.45) is 0 Å². The number of methoxy groups -OCH3 is 1. The third-order valence-corrected chi connectivity index (χ3v) is 3.41. The van der Waals surface area contributed by atoms with E-state index in [4.69, 9.17) is 4.74 Å². The zero-order valence-electron chi connectivity index (χ0n) is 11.5. The first kappa shape index (κ1) is 13.5. The number of hydrogen-bond acceptors (Lipinski definition) is 2. The second-order valence-corrected chi connectivity index (χ2v) is 4.72. The van der Waals surface area contributed by atoms with E-state index in [0.29, 0.717) is 12.2 Å². The summed E-state index contributed by atoms with van der Waals surface area (Å²) in [5.74, 6) is 0.739. The van der Waals surface area contributed by atoms with Crippen molar-refractivity contribution in [1.29, 1.82) is 0 Å². The number of pyridine rings is 1. The molecule has 0 unspecified atom stereocenters. The Morgan fingerprint density at radius 2 is 1.95 bits per heavy atom. The van der Waals surface area contributed by atoms with Gasteiger partial charge in [-0.05, 0) is 35.9 Å². The molecular formula is C16H14F2N2O. The minimum atomic E-state index is -2.53. The fourth-order valence-electron chi connectivity index (χ4n) is 2.37. The zero-order chi connectivity index (χ0) is 14.8. The molecule has 0 spiro atoms. The molecule has 2 aromatic heterocycles. The summed E-state index contributed by atoms with van der Waals surface area (Å²) in [6, 6.07) is 12.4. The number of hydrogen-bond donors (Lipinski definition) is 0. The van der Waals surface area contributed by atoms with Crippen LogP contribution >= 0.6 is 0 Å². The van der Waals surface area contributed by atoms with Gasteiger partial charge >= 0.3 is 0 Å². The van der Waals surface area contributed by atoms with Crippen molar-refractivity contribution in [2.45, 2.75) is 13.0 Å². The molecule has 0 aliphatic rings. The van der Waals surface area contributed by atoms with E-state index in [2.05, 4.69) is 4.98 Å². The van der Waals surface area contributed by atoms with Crippen LogP contribution in [0.5, 0.6) is 5.75 Å². The Labute approximate surface area is 120 Å². The Hall–Kier alpha value is -2.43. The molecule has 0 bridgehead atoms. The van der Waals surface area contributed by atoms with Gasteiger partial charge in [-0.25, -0.2) is 13.8 Å². The Morgan fingerprint density at radius 3 is 2.62 bits per heavy atom. The molecule has 0 radical (unpaired) electrons. The minimum Gasteiger partial charge on any atom is -0.497 e. The third kappa shape index (κ3) is 2.59. The molecule has 0 saturated heterocycles. The Morgan fingerprint density at radius 1 is 1.19 bits per heavy atom. The number of nitrogens with zero attached hydrogens (tertiary/aromatic N) is 2. The largest absolute Gasteiger partial charge is 0.497 e. The van der Waals surface area contributed by atoms with Crippen LogP contribution in [0.25, 0.3) is 11.0 Å². The van der Waals surface area contributed by atoms with Gasteiger partial charge in [0.2, 0.25) is 0 Å². The van der Waals surface area contributed by atoms with Crippen molar-refractivity contribution in [1.82, 2.24) is 9.55 Å². The van der Waals surface area contributed by atoms with Crippen molar-refractivity contribution in [2.75, 3.05) is 7.11 Å². The summed E-state index contributed by atoms with van der Waals surface area (Å²) < 4.78 is 33.1. The molecule has 3 rings (SSSR count). The average molecular weight is 288 g/mol. The summed E-state index contributed by atoms with van der Waals surface area (Å²) in [6.07, 6.45) is -0.917. The summed E-state index contributed by atoms with van der Waals surface area (Å²) in [5.41, 5.74) is 1.48. The molecule has 0 aliphatic heterocycles. The quantitative estimate of drug-likeness (QED) is 0.724. The number of aromatic nitrogens is 2. The van der Waals surface area contributed by atoms with Gasteiger partial charge in [-0.1, -0.05) is 12.1 Å². The van der Waals surface area contributed by atoms with E-state index in [0.717, 1.165) is 16.7 Å². The maximum absolute atomic E-state index is 13.2. The van der Waals surface area contributed by atoms with Crippen molar-refractivity contribution >= 4 is 11.0 Å². The topological polar surface area (TPSA) is 27.1 Å². The third-order valence-electron chi connectivity index (χ3n) is 3.41. The SMILES string of the molecule is COc1ccc(Cn2c(C(F)F)cc3cccnc32)cc1. The molecule has 0 amide bonds. The molecule has 1 aromatic carbocycles. The van der Waals surface area contributed by atoms with Crippen LogP contribution in [-0.2, 0) is 6.54 Å². The van der Waals surface area contributed by atoms with Crippen LogP contribution in [0.3, 0.4) is 0 Å². The fourth-order valence-corrected chi connectivity index (χ4v) is 2.37. The molecule has 21 heavy (non-hydrogen) atoms. The smallest absolute Gasteiger partial charge is 0.278 e. The summed E-state index contributed by atoms with van der Waals surface area (Å²) in [6.45, 7) is 0.351. The monoisotopic (exact) mass is 288 g/mol. The van der Waals surface area contributed by atoms with Crippen molar-refractivity contribution < 1.29 is 13.5 Å². The molecule has 0 fully saturated rings. The first-order valence-corrected chi connectivity index (χ1v) is 6.54. The van der Waals surface area contributed by atoms with E-state index in [1.54, 1.807) is 30.0 Å². The highest BCUT2D eigenvalue weighted by molar-refractivity contribution is 5.77. The van der Waals surface area contributed by atoms with Crippen LogP contribution in [-0.4, -0.2) is 16.7 Å². The van der Waals surface area contributed by atoms with Gasteiger partial charge in [0.25, 0.3) is 6.43 Å². The van der Waals surface area contributed by atoms with Gasteiger partial charge < -0.3 is 9.30 Å². The summed E-state index contributed by atoms with van der Waals surface area (Å²) >= 11 is 0. The highest BCUT2D eigenvalue weighted by Gasteiger charge is 2.17. The van der Waals surface area contributed by atoms with Crippen LogP contribution in [0.4, 0.5) is 8.78 Å². The fraction of sp³-hybridized carbons (Fsp3) is 0.188. The van der Waals surface area contributed by atoms with Crippen molar-refractivity contribution in [3.63, 3.8) is 0 Å². The van der Waals surface area contributed by atoms with E-state index >= 15 is 0 Å². The minimum absolute atomic E-state index is 0.0143. The number of halogens is 2. The predicted octanol–water partition coefficient (Wildman–Crippen LogP) is 4.03. The first-order chi connectivity index (χ1) is 10.2. The van der Waals surface area contributed by atoms with E-state index in [1.807, 2.05) is 24.3 Å². The Kier molecular flexibility index (Phi) is 3.56. The maximum Gasteiger partial charge on any atom is 0.278 e. The zero-order valence-corrected chi connectivity index (χ0v) is 11.5. The Bertz CT molecular complexity index is 751. The van der Waals surface area contributed by atoms with E-state index in [9.17, 15) is 8.78 Å². The predicted molar refractivity (Wildman–Crippen MR) is 76.8 cm³/mol. The number of benzene rings is 1. The van der Waals surface area contributed by atoms with E-state index in [-0.39, 0.29) is 5.69 Å². The van der Waals surface area contributed by atoms with Crippen molar-refractivity contribution in [3.05, 3.63) is 59.9 Å². The average Bonchev–Trinajstić information content (AvgIpc) is 2.87. The van der Waals surface area contributed by atoms with Gasteiger partial charge in [0.15, 0.2) is 0 Å². The van der Waals surface area contributed by atoms with Crippen LogP contribution in [0.1, 0.15) is 17.7 Å². The van der Waals surface area contributed by atoms with Gasteiger partial charge in [-0.15, -0.1) is 0 Å². The molecule has 3 aromatic rings. The lowest BCUT2D eigenvalue weighted by atomic mass is 10.2. The molecule has 108 valence electrons. The highest BCUT2D eigenvalue weighted by atomic mass is 19.3. The van der Waals surface area contributed by atoms with Crippen LogP contribution in [0.15, 0.2) is 48.7 Å². The number of rotatable bonds is 4. The van der Waals surface area contributed by atoms with E-state index < -0.39 is 6.43 Å². The van der Waals surface area contributed by atoms with Crippen LogP contribution < -0.4 is 4.74 Å². The second-order valence-electron chi connectivity index (χ2n) is 4.72. The summed E-state index contributed by atoms with van der Waals surface area (Å²) in [5, 5.41) is 0.723. The van der Waals surface area contributed by atoms with Gasteiger partial charge in [0.05, 0.1) is 12.8 Å². The normalized spacial score (nSPS) is 11.2. The van der Waals surface area contributed by atoms with Crippen molar-refractivity contribution in [3.8, 4) is 5.75 Å². The maximum atomic E-state index is 13.2. The van der Waals surface area contributed by atoms with Gasteiger partial charge in [-0.2, -0.15) is 0 Å². The molecular weight excluding hydrogens is 274 g/mol. The number of ether oxygens (including phenoxy) is 1. The molecule has 5 heteroatoms. The number of fused-ring (bicyclic) bond motifs is 1. The molecule has 0 aliphatic carbocycles. The van der Waals surface area contributed by atoms with Gasteiger partial charge in [0.1, 0.15) is 11.4 Å².